The zero-order valence-electron chi connectivity index (χ0n) is 24.7. The van der Waals surface area contributed by atoms with E-state index in [1.165, 1.54) is 7.11 Å². The Balaban J connectivity index is 1.35. The Bertz CT molecular complexity index is 1770. The molecule has 3 aromatic carbocycles. The first-order valence-corrected chi connectivity index (χ1v) is 14.4. The highest BCUT2D eigenvalue weighted by molar-refractivity contribution is 5.93. The molecule has 4 aromatic rings. The number of methoxy groups -OCH3 is 2. The Morgan fingerprint density at radius 1 is 1.00 bits per heavy atom. The molecule has 0 bridgehead atoms. The van der Waals surface area contributed by atoms with Gasteiger partial charge in [0.1, 0.15) is 23.9 Å². The molecule has 1 unspecified atom stereocenters. The average molecular weight is 613 g/mol. The molecule has 0 radical (unpaired) electrons. The first kappa shape index (κ1) is 29.6. The molecule has 2 aliphatic rings. The van der Waals surface area contributed by atoms with E-state index in [0.29, 0.717) is 45.4 Å². The quantitative estimate of drug-likeness (QED) is 0.161. The molecule has 45 heavy (non-hydrogen) atoms. The van der Waals surface area contributed by atoms with Crippen molar-refractivity contribution in [1.82, 2.24) is 10.2 Å². The van der Waals surface area contributed by atoms with Crippen LogP contribution in [0, 0.1) is 5.92 Å². The van der Waals surface area contributed by atoms with Gasteiger partial charge < -0.3 is 33.9 Å². The highest BCUT2D eigenvalue weighted by Crippen LogP contribution is 2.50. The van der Waals surface area contributed by atoms with Gasteiger partial charge in [-0.1, -0.05) is 24.3 Å². The fourth-order valence-electron chi connectivity index (χ4n) is 5.65. The van der Waals surface area contributed by atoms with Crippen molar-refractivity contribution in [1.29, 1.82) is 0 Å². The Morgan fingerprint density at radius 3 is 2.49 bits per heavy atom. The van der Waals surface area contributed by atoms with Gasteiger partial charge in [-0.3, -0.25) is 5.10 Å². The van der Waals surface area contributed by atoms with Crippen LogP contribution in [0.3, 0.4) is 0 Å². The second kappa shape index (κ2) is 12.7. The smallest absolute Gasteiger partial charge is 0.336 e. The largest absolute Gasteiger partial charge is 0.497 e. The number of aromatic carboxylic acids is 1. The molecule has 1 atom stereocenters. The number of nitrogens with one attached hydrogen (secondary N) is 1. The van der Waals surface area contributed by atoms with Crippen molar-refractivity contribution in [2.75, 3.05) is 21.0 Å². The van der Waals surface area contributed by atoms with Gasteiger partial charge >= 0.3 is 11.9 Å². The topological polar surface area (TPSA) is 149 Å². The number of carboxylic acid groups (broad SMARTS) is 2. The molecule has 1 saturated carbocycles. The molecule has 1 fully saturated rings. The summed E-state index contributed by atoms with van der Waals surface area (Å²) in [4.78, 5) is 24.3. The molecular formula is C34H32N2O9. The molecule has 232 valence electrons. The monoisotopic (exact) mass is 612 g/mol. The minimum Gasteiger partial charge on any atom is -0.497 e. The van der Waals surface area contributed by atoms with Gasteiger partial charge in [0.05, 0.1) is 31.7 Å². The summed E-state index contributed by atoms with van der Waals surface area (Å²) in [6.07, 6.45) is 5.28. The number of fused-ring (bicyclic) bond motifs is 1. The van der Waals surface area contributed by atoms with Crippen LogP contribution in [0.25, 0.3) is 6.08 Å². The van der Waals surface area contributed by atoms with Crippen LogP contribution in [0.5, 0.6) is 28.7 Å². The molecule has 1 aromatic heterocycles. The van der Waals surface area contributed by atoms with Crippen molar-refractivity contribution >= 4 is 18.0 Å². The Kier molecular flexibility index (Phi) is 8.33. The number of hydrogen-bond acceptors (Lipinski definition) is 8. The maximum Gasteiger partial charge on any atom is 0.336 e. The van der Waals surface area contributed by atoms with Crippen LogP contribution in [0.2, 0.25) is 0 Å². The molecule has 0 saturated heterocycles. The molecule has 2 heterocycles. The molecule has 6 rings (SSSR count). The Labute approximate surface area is 259 Å². The molecule has 3 N–H and O–H groups in total. The maximum atomic E-state index is 12.5. The predicted octanol–water partition coefficient (Wildman–Crippen LogP) is 5.69. The van der Waals surface area contributed by atoms with Crippen molar-refractivity contribution in [3.8, 4) is 28.7 Å². The van der Waals surface area contributed by atoms with Gasteiger partial charge in [-0.15, -0.1) is 0 Å². The fraction of sp³-hybridized carbons (Fsp3) is 0.265. The number of aromatic amines is 1. The molecule has 1 aliphatic carbocycles. The summed E-state index contributed by atoms with van der Waals surface area (Å²) in [6, 6.07) is 15.7. The van der Waals surface area contributed by atoms with Crippen molar-refractivity contribution in [3.63, 3.8) is 0 Å². The maximum absolute atomic E-state index is 12.5. The van der Waals surface area contributed by atoms with E-state index in [2.05, 4.69) is 10.2 Å². The lowest BCUT2D eigenvalue weighted by Crippen LogP contribution is -2.11. The second-order valence-electron chi connectivity index (χ2n) is 10.9. The number of benzene rings is 3. The van der Waals surface area contributed by atoms with Gasteiger partial charge in [-0.25, -0.2) is 9.59 Å². The zero-order valence-corrected chi connectivity index (χ0v) is 24.7. The minimum atomic E-state index is -1.07. The number of H-pyrrole nitrogens is 1. The van der Waals surface area contributed by atoms with Crippen molar-refractivity contribution < 1.29 is 43.5 Å². The van der Waals surface area contributed by atoms with Gasteiger partial charge in [-0.2, -0.15) is 5.10 Å². The third-order valence-corrected chi connectivity index (χ3v) is 8.05. The van der Waals surface area contributed by atoms with E-state index < -0.39 is 11.9 Å². The lowest BCUT2D eigenvalue weighted by atomic mass is 9.87. The fourth-order valence-corrected chi connectivity index (χ4v) is 5.65. The Hall–Kier alpha value is -5.45. The predicted molar refractivity (Wildman–Crippen MR) is 162 cm³/mol. The van der Waals surface area contributed by atoms with E-state index in [1.54, 1.807) is 61.8 Å². The van der Waals surface area contributed by atoms with E-state index in [-0.39, 0.29) is 42.8 Å². The third-order valence-electron chi connectivity index (χ3n) is 8.05. The molecule has 1 aliphatic heterocycles. The van der Waals surface area contributed by atoms with Gasteiger partial charge in [0, 0.05) is 52.3 Å². The van der Waals surface area contributed by atoms with E-state index in [4.69, 9.17) is 23.7 Å². The standard InChI is InChI=1S/C34H32N2O9/c1-41-24-9-10-26(28(14-24)43-17-20-5-3-4-6-25(20)34(39)40)31(19-7-8-19)32-23(16-35-36-32)12-22(33(37)38)11-21-13-29-30(45-18-44-29)15-27(21)42-2/h3-6,9-10,12-16,19,31H,7-8,11,17-18H2,1-2H3,(H,35,36)(H,37,38)(H,39,40). The van der Waals surface area contributed by atoms with E-state index in [1.807, 2.05) is 12.1 Å². The van der Waals surface area contributed by atoms with Crippen LogP contribution in [0.15, 0.2) is 66.4 Å². The van der Waals surface area contributed by atoms with Crippen molar-refractivity contribution in [3.05, 3.63) is 99.9 Å². The van der Waals surface area contributed by atoms with Gasteiger partial charge in [0.2, 0.25) is 6.79 Å². The van der Waals surface area contributed by atoms with E-state index in [9.17, 15) is 19.8 Å². The van der Waals surface area contributed by atoms with Gasteiger partial charge in [0.15, 0.2) is 11.5 Å². The summed E-state index contributed by atoms with van der Waals surface area (Å²) < 4.78 is 28.2. The average Bonchev–Trinajstić information content (AvgIpc) is 3.60. The summed E-state index contributed by atoms with van der Waals surface area (Å²) in [5.74, 6) is 0.680. The third kappa shape index (κ3) is 6.28. The molecule has 0 spiro atoms. The Morgan fingerprint density at radius 2 is 1.78 bits per heavy atom. The van der Waals surface area contributed by atoms with Gasteiger partial charge in [0.25, 0.3) is 0 Å². The summed E-state index contributed by atoms with van der Waals surface area (Å²) in [7, 11) is 3.09. The second-order valence-corrected chi connectivity index (χ2v) is 10.9. The summed E-state index contributed by atoms with van der Waals surface area (Å²) in [5, 5.41) is 27.3. The van der Waals surface area contributed by atoms with E-state index in [0.717, 1.165) is 24.1 Å². The van der Waals surface area contributed by atoms with Crippen LogP contribution in [-0.4, -0.2) is 53.4 Å². The van der Waals surface area contributed by atoms with Crippen LogP contribution in [0.1, 0.15) is 57.1 Å². The number of rotatable bonds is 13. The zero-order chi connectivity index (χ0) is 31.5. The van der Waals surface area contributed by atoms with E-state index >= 15 is 0 Å². The van der Waals surface area contributed by atoms with Crippen molar-refractivity contribution in [2.45, 2.75) is 31.8 Å². The number of aliphatic carboxylic acids is 1. The summed E-state index contributed by atoms with van der Waals surface area (Å²) in [5.41, 5.74) is 3.75. The van der Waals surface area contributed by atoms with Crippen molar-refractivity contribution in [2.24, 2.45) is 5.92 Å². The van der Waals surface area contributed by atoms with Crippen LogP contribution >= 0.6 is 0 Å². The number of hydrogen-bond donors (Lipinski definition) is 3. The molecule has 0 amide bonds. The molecule has 11 heteroatoms. The number of nitrogens with zero attached hydrogens (tertiary/aromatic N) is 1. The molecular weight excluding hydrogens is 580 g/mol. The lowest BCUT2D eigenvalue weighted by molar-refractivity contribution is -0.132. The first-order chi connectivity index (χ1) is 21.9. The highest BCUT2D eigenvalue weighted by atomic mass is 16.7. The van der Waals surface area contributed by atoms with Gasteiger partial charge in [-0.05, 0) is 43.0 Å². The minimum absolute atomic E-state index is 0.0380. The normalized spacial score (nSPS) is 14.6. The summed E-state index contributed by atoms with van der Waals surface area (Å²) in [6.45, 7) is 0.129. The lowest BCUT2D eigenvalue weighted by Gasteiger charge is -2.21. The number of carbonyl (C=O) groups is 2. The summed E-state index contributed by atoms with van der Waals surface area (Å²) >= 11 is 0. The first-order valence-electron chi connectivity index (χ1n) is 14.4. The number of aromatic nitrogens is 2. The van der Waals surface area contributed by atoms with Crippen LogP contribution in [0.4, 0.5) is 0 Å². The highest BCUT2D eigenvalue weighted by Gasteiger charge is 2.37. The number of ether oxygens (including phenoxy) is 5. The SMILES string of the molecule is COc1ccc(C(c2[nH]ncc2C=C(Cc2cc3c(cc2OC)OCO3)C(=O)O)C2CC2)c(OCc2ccccc2C(=O)O)c1. The number of carboxylic acids is 2. The molecule has 11 nitrogen and oxygen atoms in total. The van der Waals surface area contributed by atoms with Crippen LogP contribution in [-0.2, 0) is 17.8 Å². The van der Waals surface area contributed by atoms with Crippen LogP contribution < -0.4 is 23.7 Å².